The van der Waals surface area contributed by atoms with Gasteiger partial charge in [0.2, 0.25) is 10.0 Å². The molecular weight excluding hydrogens is 447 g/mol. The molecule has 2 heterocycles. The molecule has 176 valence electrons. The molecule has 2 aliphatic rings. The first-order valence-electron chi connectivity index (χ1n) is 10.9. The van der Waals surface area contributed by atoms with Crippen molar-refractivity contribution in [2.45, 2.75) is 17.1 Å². The zero-order valence-electron chi connectivity index (χ0n) is 18.2. The van der Waals surface area contributed by atoms with E-state index >= 15 is 0 Å². The lowest BCUT2D eigenvalue weighted by Gasteiger charge is -2.45. The van der Waals surface area contributed by atoms with Crippen molar-refractivity contribution >= 4 is 10.0 Å². The minimum atomic E-state index is -3.61. The highest BCUT2D eigenvalue weighted by Crippen LogP contribution is 2.19. The molecule has 8 nitrogen and oxygen atoms in total. The summed E-state index contributed by atoms with van der Waals surface area (Å²) in [7, 11) is -3.61. The fourth-order valence-corrected chi connectivity index (χ4v) is 5.20. The van der Waals surface area contributed by atoms with Crippen LogP contribution in [0.5, 0.6) is 5.75 Å². The first kappa shape index (κ1) is 23.6. The maximum Gasteiger partial charge on any atom is 0.240 e. The molecule has 2 fully saturated rings. The van der Waals surface area contributed by atoms with Gasteiger partial charge in [-0.2, -0.15) is 5.26 Å². The molecule has 0 radical (unpaired) electrons. The summed E-state index contributed by atoms with van der Waals surface area (Å²) < 4.78 is 52.3. The summed E-state index contributed by atoms with van der Waals surface area (Å²) in [4.78, 5) is 4.69. The lowest BCUT2D eigenvalue weighted by Crippen LogP contribution is -2.60. The van der Waals surface area contributed by atoms with Gasteiger partial charge < -0.3 is 9.47 Å². The highest BCUT2D eigenvalue weighted by molar-refractivity contribution is 7.89. The van der Waals surface area contributed by atoms with E-state index in [-0.39, 0.29) is 22.9 Å². The van der Waals surface area contributed by atoms with E-state index in [1.165, 1.54) is 36.4 Å². The molecule has 1 N–H and O–H groups in total. The Balaban J connectivity index is 1.19. The Bertz CT molecular complexity index is 1060. The minimum absolute atomic E-state index is 0.0680. The smallest absolute Gasteiger partial charge is 0.240 e. The molecule has 0 amide bonds. The van der Waals surface area contributed by atoms with Gasteiger partial charge in [-0.25, -0.2) is 17.5 Å². The zero-order chi connectivity index (χ0) is 23.3. The Morgan fingerprint density at radius 1 is 1.00 bits per heavy atom. The minimum Gasteiger partial charge on any atom is -0.492 e. The normalized spacial score (nSPS) is 21.5. The number of benzene rings is 2. The maximum atomic E-state index is 13.0. The molecule has 33 heavy (non-hydrogen) atoms. The second-order valence-corrected chi connectivity index (χ2v) is 10.0. The van der Waals surface area contributed by atoms with Crippen molar-refractivity contribution in [3.05, 3.63) is 59.9 Å². The van der Waals surface area contributed by atoms with Crippen LogP contribution in [0.15, 0.2) is 53.4 Å². The molecule has 2 aromatic rings. The number of halogens is 1. The molecule has 0 aliphatic carbocycles. The van der Waals surface area contributed by atoms with Gasteiger partial charge >= 0.3 is 0 Å². The van der Waals surface area contributed by atoms with E-state index in [9.17, 15) is 12.8 Å². The van der Waals surface area contributed by atoms with Crippen LogP contribution in [0.2, 0.25) is 0 Å². The molecule has 2 aliphatic heterocycles. The quantitative estimate of drug-likeness (QED) is 0.588. The van der Waals surface area contributed by atoms with Crippen LogP contribution in [-0.4, -0.2) is 82.8 Å². The topological polar surface area (TPSA) is 94.9 Å². The average molecular weight is 475 g/mol. The number of nitriles is 1. The average Bonchev–Trinajstić information content (AvgIpc) is 2.80. The molecule has 2 saturated heterocycles. The van der Waals surface area contributed by atoms with E-state index in [1.807, 2.05) is 6.07 Å². The first-order valence-corrected chi connectivity index (χ1v) is 12.4. The summed E-state index contributed by atoms with van der Waals surface area (Å²) in [6, 6.07) is 13.9. The van der Waals surface area contributed by atoms with Crippen LogP contribution in [0.1, 0.15) is 5.56 Å². The third kappa shape index (κ3) is 6.50. The highest BCUT2D eigenvalue weighted by atomic mass is 32.2. The first-order chi connectivity index (χ1) is 15.9. The van der Waals surface area contributed by atoms with Crippen molar-refractivity contribution in [2.24, 2.45) is 0 Å². The van der Waals surface area contributed by atoms with Crippen molar-refractivity contribution in [3.63, 3.8) is 0 Å². The Labute approximate surface area is 193 Å². The predicted molar refractivity (Wildman–Crippen MR) is 120 cm³/mol. The fraction of sp³-hybridized carbons (Fsp3) is 0.435. The van der Waals surface area contributed by atoms with E-state index in [2.05, 4.69) is 14.5 Å². The third-order valence-corrected chi connectivity index (χ3v) is 7.21. The summed E-state index contributed by atoms with van der Waals surface area (Å²) in [6.07, 6.45) is 0.136. The number of morpholine rings is 2. The second-order valence-electron chi connectivity index (χ2n) is 8.24. The van der Waals surface area contributed by atoms with Gasteiger partial charge in [-0.05, 0) is 48.5 Å². The van der Waals surface area contributed by atoms with E-state index < -0.39 is 10.0 Å². The van der Waals surface area contributed by atoms with Crippen LogP contribution in [-0.2, 0) is 14.8 Å². The van der Waals surface area contributed by atoms with Gasteiger partial charge in [0, 0.05) is 45.8 Å². The van der Waals surface area contributed by atoms with Crippen LogP contribution in [0.4, 0.5) is 4.39 Å². The highest BCUT2D eigenvalue weighted by Gasteiger charge is 2.34. The molecule has 2 unspecified atom stereocenters. The number of fused-ring (bicyclic) bond motifs is 2. The lowest BCUT2D eigenvalue weighted by atomic mass is 10.1. The Morgan fingerprint density at radius 3 is 2.21 bits per heavy atom. The Kier molecular flexibility index (Phi) is 7.57. The van der Waals surface area contributed by atoms with Gasteiger partial charge in [0.05, 0.1) is 28.7 Å². The number of hydrogen-bond donors (Lipinski definition) is 1. The van der Waals surface area contributed by atoms with E-state index in [4.69, 9.17) is 14.7 Å². The van der Waals surface area contributed by atoms with Crippen molar-refractivity contribution in [1.29, 1.82) is 5.26 Å². The van der Waals surface area contributed by atoms with Crippen molar-refractivity contribution in [2.75, 3.05) is 52.4 Å². The lowest BCUT2D eigenvalue weighted by molar-refractivity contribution is -0.138. The number of ether oxygens (including phenoxy) is 2. The van der Waals surface area contributed by atoms with Crippen molar-refractivity contribution in [1.82, 2.24) is 14.5 Å². The largest absolute Gasteiger partial charge is 0.492 e. The Hall–Kier alpha value is -2.55. The van der Waals surface area contributed by atoms with Crippen LogP contribution >= 0.6 is 0 Å². The van der Waals surface area contributed by atoms with E-state index in [0.29, 0.717) is 31.0 Å². The molecule has 2 atom stereocenters. The molecule has 2 aromatic carbocycles. The van der Waals surface area contributed by atoms with Gasteiger partial charge in [0.25, 0.3) is 0 Å². The summed E-state index contributed by atoms with van der Waals surface area (Å²) in [5.41, 5.74) is 0.421. The van der Waals surface area contributed by atoms with Crippen LogP contribution in [0, 0.1) is 17.1 Å². The summed E-state index contributed by atoms with van der Waals surface area (Å²) in [5, 5.41) is 8.85. The number of nitrogens with one attached hydrogen (secondary N) is 1. The molecular formula is C23H27FN4O4S. The third-order valence-electron chi connectivity index (χ3n) is 5.74. The van der Waals surface area contributed by atoms with Gasteiger partial charge in [-0.15, -0.1) is 0 Å². The van der Waals surface area contributed by atoms with Gasteiger partial charge in [0.1, 0.15) is 18.2 Å². The molecule has 4 rings (SSSR count). The number of sulfonamides is 1. The van der Waals surface area contributed by atoms with Gasteiger partial charge in [-0.3, -0.25) is 9.80 Å². The Morgan fingerprint density at radius 2 is 1.61 bits per heavy atom. The molecule has 0 saturated carbocycles. The molecule has 10 heteroatoms. The van der Waals surface area contributed by atoms with Crippen LogP contribution < -0.4 is 9.46 Å². The zero-order valence-corrected chi connectivity index (χ0v) is 19.0. The van der Waals surface area contributed by atoms with E-state index in [0.717, 1.165) is 32.7 Å². The van der Waals surface area contributed by atoms with Crippen molar-refractivity contribution < 1.29 is 22.3 Å². The molecule has 0 spiro atoms. The monoisotopic (exact) mass is 474 g/mol. The van der Waals surface area contributed by atoms with E-state index in [1.54, 1.807) is 12.1 Å². The standard InChI is InChI=1S/C23H27FN4O4S/c24-19-3-5-20(6-4-19)31-12-11-28-16-21-14-27(15-22(17-28)32-21)10-9-26-33(29,30)23-7-1-18(13-25)2-8-23/h1-8,21-22,26H,9-12,14-17H2. The summed E-state index contributed by atoms with van der Waals surface area (Å²) in [5.74, 6) is 0.370. The van der Waals surface area contributed by atoms with Gasteiger partial charge in [-0.1, -0.05) is 0 Å². The SMILES string of the molecule is N#Cc1ccc(S(=O)(=O)NCCN2CC3CN(CCOc4ccc(F)cc4)CC(C2)O3)cc1. The predicted octanol–water partition coefficient (Wildman–Crippen LogP) is 1.44. The van der Waals surface area contributed by atoms with Gasteiger partial charge in [0.15, 0.2) is 0 Å². The number of rotatable bonds is 9. The molecule has 2 bridgehead atoms. The number of hydrogen-bond acceptors (Lipinski definition) is 7. The van der Waals surface area contributed by atoms with Crippen molar-refractivity contribution in [3.8, 4) is 11.8 Å². The van der Waals surface area contributed by atoms with Crippen LogP contribution in [0.25, 0.3) is 0 Å². The summed E-state index contributed by atoms with van der Waals surface area (Å²) in [6.45, 7) is 5.24. The molecule has 0 aromatic heterocycles. The van der Waals surface area contributed by atoms with Crippen LogP contribution in [0.3, 0.4) is 0 Å². The maximum absolute atomic E-state index is 13.0. The number of nitrogens with zero attached hydrogens (tertiary/aromatic N) is 3. The second kappa shape index (κ2) is 10.6. The summed E-state index contributed by atoms with van der Waals surface area (Å²) >= 11 is 0. The fourth-order valence-electron chi connectivity index (χ4n) is 4.18.